The third-order valence-corrected chi connectivity index (χ3v) is 5.77. The van der Waals surface area contributed by atoms with Gasteiger partial charge in [-0.15, -0.1) is 0 Å². The number of carbonyl (C=O) groups excluding carboxylic acids is 1. The molecule has 1 aliphatic rings. The summed E-state index contributed by atoms with van der Waals surface area (Å²) in [6.45, 7) is 0.768. The third-order valence-electron chi connectivity index (χ3n) is 4.58. The summed E-state index contributed by atoms with van der Waals surface area (Å²) >= 11 is 3.62. The Labute approximate surface area is 134 Å². The van der Waals surface area contributed by atoms with E-state index in [0.717, 1.165) is 22.8 Å². The lowest BCUT2D eigenvalue weighted by atomic mass is 9.89. The molecule has 0 spiro atoms. The van der Waals surface area contributed by atoms with Gasteiger partial charge in [0, 0.05) is 17.4 Å². The molecular weight excluding hydrogens is 326 g/mol. The van der Waals surface area contributed by atoms with Crippen LogP contribution in [0.3, 0.4) is 0 Å². The number of rotatable bonds is 4. The minimum atomic E-state index is 0.0352. The average Bonchev–Trinajstić information content (AvgIpc) is 3.01. The maximum atomic E-state index is 12.4. The van der Waals surface area contributed by atoms with Crippen molar-refractivity contribution < 1.29 is 4.79 Å². The van der Waals surface area contributed by atoms with Gasteiger partial charge in [0.15, 0.2) is 0 Å². The van der Waals surface area contributed by atoms with E-state index >= 15 is 0 Å². The van der Waals surface area contributed by atoms with E-state index in [4.69, 9.17) is 0 Å². The van der Waals surface area contributed by atoms with Crippen LogP contribution in [0.1, 0.15) is 36.0 Å². The number of alkyl halides is 1. The molecule has 2 nitrogen and oxygen atoms in total. The first-order valence-corrected chi connectivity index (χ1v) is 8.68. The second-order valence-electron chi connectivity index (χ2n) is 6.09. The molecular formula is C18H20BrNO. The number of benzene rings is 2. The van der Waals surface area contributed by atoms with Gasteiger partial charge in [-0.3, -0.25) is 4.79 Å². The van der Waals surface area contributed by atoms with Crippen LogP contribution in [-0.4, -0.2) is 17.8 Å². The first-order valence-electron chi connectivity index (χ1n) is 7.55. The van der Waals surface area contributed by atoms with Crippen molar-refractivity contribution in [2.75, 3.05) is 11.9 Å². The monoisotopic (exact) mass is 345 g/mol. The lowest BCUT2D eigenvalue weighted by molar-refractivity contribution is 0.0935. The SMILES string of the molecule is O=C(NCC1(CBr)CCCC1)c1ccc2ccccc2c1. The largest absolute Gasteiger partial charge is 0.351 e. The predicted octanol–water partition coefficient (Wildman–Crippen LogP) is 4.52. The van der Waals surface area contributed by atoms with E-state index in [9.17, 15) is 4.79 Å². The summed E-state index contributed by atoms with van der Waals surface area (Å²) in [5.41, 5.74) is 1.00. The van der Waals surface area contributed by atoms with Crippen LogP contribution >= 0.6 is 15.9 Å². The predicted molar refractivity (Wildman–Crippen MR) is 91.0 cm³/mol. The molecule has 1 amide bonds. The van der Waals surface area contributed by atoms with E-state index in [1.807, 2.05) is 36.4 Å². The molecule has 0 atom stereocenters. The number of hydrogen-bond donors (Lipinski definition) is 1. The maximum absolute atomic E-state index is 12.4. The molecule has 0 aromatic heterocycles. The number of nitrogens with one attached hydrogen (secondary N) is 1. The molecule has 1 N–H and O–H groups in total. The second-order valence-corrected chi connectivity index (χ2v) is 6.65. The van der Waals surface area contributed by atoms with Gasteiger partial charge in [0.05, 0.1) is 0 Å². The fourth-order valence-electron chi connectivity index (χ4n) is 3.18. The van der Waals surface area contributed by atoms with Crippen molar-refractivity contribution in [1.29, 1.82) is 0 Å². The lowest BCUT2D eigenvalue weighted by Gasteiger charge is -2.26. The van der Waals surface area contributed by atoms with Crippen LogP contribution in [0.25, 0.3) is 10.8 Å². The molecule has 0 unspecified atom stereocenters. The fraction of sp³-hybridized carbons (Fsp3) is 0.389. The Bertz CT molecular complexity index is 646. The lowest BCUT2D eigenvalue weighted by Crippen LogP contribution is -2.37. The summed E-state index contributed by atoms with van der Waals surface area (Å²) in [6.07, 6.45) is 4.96. The molecule has 0 heterocycles. The van der Waals surface area contributed by atoms with Crippen molar-refractivity contribution in [3.8, 4) is 0 Å². The smallest absolute Gasteiger partial charge is 0.251 e. The highest BCUT2D eigenvalue weighted by Gasteiger charge is 2.33. The zero-order valence-corrected chi connectivity index (χ0v) is 13.7. The standard InChI is InChI=1S/C18H20BrNO/c19-12-18(9-3-4-10-18)13-20-17(21)16-8-7-14-5-1-2-6-15(14)11-16/h1-2,5-8,11H,3-4,9-10,12-13H2,(H,20,21). The summed E-state index contributed by atoms with van der Waals surface area (Å²) in [7, 11) is 0. The maximum Gasteiger partial charge on any atom is 0.251 e. The molecule has 0 aliphatic heterocycles. The van der Waals surface area contributed by atoms with Gasteiger partial charge in [0.2, 0.25) is 0 Å². The third kappa shape index (κ3) is 3.13. The van der Waals surface area contributed by atoms with Crippen LogP contribution in [0, 0.1) is 5.41 Å². The van der Waals surface area contributed by atoms with E-state index in [-0.39, 0.29) is 11.3 Å². The van der Waals surface area contributed by atoms with Gasteiger partial charge in [0.25, 0.3) is 5.91 Å². The molecule has 3 rings (SSSR count). The average molecular weight is 346 g/mol. The molecule has 0 radical (unpaired) electrons. The van der Waals surface area contributed by atoms with Gasteiger partial charge >= 0.3 is 0 Å². The van der Waals surface area contributed by atoms with E-state index in [0.29, 0.717) is 0 Å². The molecule has 1 fully saturated rings. The Balaban J connectivity index is 1.71. The molecule has 2 aromatic rings. The molecule has 3 heteroatoms. The van der Waals surface area contributed by atoms with E-state index < -0.39 is 0 Å². The van der Waals surface area contributed by atoms with E-state index in [2.05, 4.69) is 27.3 Å². The highest BCUT2D eigenvalue weighted by molar-refractivity contribution is 9.09. The highest BCUT2D eigenvalue weighted by atomic mass is 79.9. The number of fused-ring (bicyclic) bond motifs is 1. The zero-order chi connectivity index (χ0) is 14.7. The number of amides is 1. The normalized spacial score (nSPS) is 17.0. The fourth-order valence-corrected chi connectivity index (χ4v) is 3.94. The van der Waals surface area contributed by atoms with E-state index in [1.54, 1.807) is 0 Å². The minimum Gasteiger partial charge on any atom is -0.351 e. The second kappa shape index (κ2) is 6.18. The van der Waals surface area contributed by atoms with Gasteiger partial charge in [-0.1, -0.05) is 59.1 Å². The Kier molecular flexibility index (Phi) is 4.29. The minimum absolute atomic E-state index is 0.0352. The zero-order valence-electron chi connectivity index (χ0n) is 12.1. The van der Waals surface area contributed by atoms with E-state index in [1.165, 1.54) is 31.1 Å². The summed E-state index contributed by atoms with van der Waals surface area (Å²) < 4.78 is 0. The van der Waals surface area contributed by atoms with Gasteiger partial charge in [-0.2, -0.15) is 0 Å². The Morgan fingerprint density at radius 3 is 2.52 bits per heavy atom. The van der Waals surface area contributed by atoms with Crippen LogP contribution in [0.15, 0.2) is 42.5 Å². The van der Waals surface area contributed by atoms with Crippen LogP contribution < -0.4 is 5.32 Å². The topological polar surface area (TPSA) is 29.1 Å². The first kappa shape index (κ1) is 14.6. The quantitative estimate of drug-likeness (QED) is 0.810. The summed E-state index contributed by atoms with van der Waals surface area (Å²) in [6, 6.07) is 14.0. The Morgan fingerprint density at radius 2 is 1.81 bits per heavy atom. The first-order chi connectivity index (χ1) is 10.2. The number of halogens is 1. The summed E-state index contributed by atoms with van der Waals surface area (Å²) in [5, 5.41) is 6.38. The van der Waals surface area contributed by atoms with Gasteiger partial charge in [-0.25, -0.2) is 0 Å². The molecule has 0 bridgehead atoms. The van der Waals surface area contributed by atoms with Crippen LogP contribution in [-0.2, 0) is 0 Å². The number of carbonyl (C=O) groups is 1. The van der Waals surface area contributed by atoms with Crippen molar-refractivity contribution in [2.24, 2.45) is 5.41 Å². The summed E-state index contributed by atoms with van der Waals surface area (Å²) in [5.74, 6) is 0.0352. The van der Waals surface area contributed by atoms with Gasteiger partial charge in [0.1, 0.15) is 0 Å². The van der Waals surface area contributed by atoms with Crippen LogP contribution in [0.4, 0.5) is 0 Å². The molecule has 21 heavy (non-hydrogen) atoms. The molecule has 1 aliphatic carbocycles. The molecule has 110 valence electrons. The molecule has 2 aromatic carbocycles. The summed E-state index contributed by atoms with van der Waals surface area (Å²) in [4.78, 5) is 12.4. The van der Waals surface area contributed by atoms with Gasteiger partial charge < -0.3 is 5.32 Å². The highest BCUT2D eigenvalue weighted by Crippen LogP contribution is 2.39. The van der Waals surface area contributed by atoms with Crippen molar-refractivity contribution >= 4 is 32.6 Å². The van der Waals surface area contributed by atoms with Crippen molar-refractivity contribution in [3.05, 3.63) is 48.0 Å². The van der Waals surface area contributed by atoms with Crippen LogP contribution in [0.2, 0.25) is 0 Å². The Morgan fingerprint density at radius 1 is 1.10 bits per heavy atom. The molecule has 0 saturated heterocycles. The van der Waals surface area contributed by atoms with Crippen molar-refractivity contribution in [3.63, 3.8) is 0 Å². The van der Waals surface area contributed by atoms with Gasteiger partial charge in [-0.05, 0) is 41.2 Å². The van der Waals surface area contributed by atoms with Crippen LogP contribution in [0.5, 0.6) is 0 Å². The van der Waals surface area contributed by atoms with Crippen molar-refractivity contribution in [2.45, 2.75) is 25.7 Å². The van der Waals surface area contributed by atoms with Crippen molar-refractivity contribution in [1.82, 2.24) is 5.32 Å². The molecule has 1 saturated carbocycles. The number of hydrogen-bond acceptors (Lipinski definition) is 1. The Hall–Kier alpha value is -1.35.